The predicted molar refractivity (Wildman–Crippen MR) is 103 cm³/mol. The van der Waals surface area contributed by atoms with Crippen LogP contribution in [0.15, 0.2) is 66.6 Å². The molecule has 0 saturated heterocycles. The second-order valence-electron chi connectivity index (χ2n) is 5.95. The van der Waals surface area contributed by atoms with Gasteiger partial charge < -0.3 is 4.90 Å². The SMILES string of the molecule is CN(Cc1cccc2cnccc12)C(=O)c1cnc(-c2cccs2)nc1. The molecule has 0 atom stereocenters. The van der Waals surface area contributed by atoms with Crippen molar-refractivity contribution in [3.05, 3.63) is 77.7 Å². The topological polar surface area (TPSA) is 59.0 Å². The Balaban J connectivity index is 1.54. The van der Waals surface area contributed by atoms with Gasteiger partial charge >= 0.3 is 0 Å². The average molecular weight is 360 g/mol. The lowest BCUT2D eigenvalue weighted by Crippen LogP contribution is -2.26. The molecule has 4 aromatic rings. The van der Waals surface area contributed by atoms with E-state index in [1.165, 1.54) is 0 Å². The van der Waals surface area contributed by atoms with Crippen molar-refractivity contribution in [3.8, 4) is 10.7 Å². The number of pyridine rings is 1. The Kier molecular flexibility index (Phi) is 4.41. The van der Waals surface area contributed by atoms with Crippen LogP contribution in [0.1, 0.15) is 15.9 Å². The summed E-state index contributed by atoms with van der Waals surface area (Å²) in [6, 6.07) is 11.9. The van der Waals surface area contributed by atoms with E-state index in [1.54, 1.807) is 41.9 Å². The Hall–Kier alpha value is -3.12. The number of thiophene rings is 1. The van der Waals surface area contributed by atoms with E-state index in [0.717, 1.165) is 21.2 Å². The van der Waals surface area contributed by atoms with Gasteiger partial charge in [-0.3, -0.25) is 9.78 Å². The second kappa shape index (κ2) is 7.01. The highest BCUT2D eigenvalue weighted by molar-refractivity contribution is 7.13. The van der Waals surface area contributed by atoms with E-state index in [1.807, 2.05) is 48.0 Å². The van der Waals surface area contributed by atoms with Gasteiger partial charge in [-0.05, 0) is 28.5 Å². The van der Waals surface area contributed by atoms with Crippen LogP contribution < -0.4 is 0 Å². The third-order valence-corrected chi connectivity index (χ3v) is 5.03. The highest BCUT2D eigenvalue weighted by atomic mass is 32.1. The molecular formula is C20H16N4OS. The number of rotatable bonds is 4. The highest BCUT2D eigenvalue weighted by Gasteiger charge is 2.15. The first kappa shape index (κ1) is 16.4. The summed E-state index contributed by atoms with van der Waals surface area (Å²) in [7, 11) is 1.79. The van der Waals surface area contributed by atoms with E-state index in [9.17, 15) is 4.79 Å². The number of hydrogen-bond acceptors (Lipinski definition) is 5. The number of carbonyl (C=O) groups excluding carboxylic acids is 1. The molecule has 1 amide bonds. The molecule has 3 aromatic heterocycles. The molecule has 128 valence electrons. The van der Waals surface area contributed by atoms with Crippen molar-refractivity contribution in [1.29, 1.82) is 0 Å². The summed E-state index contributed by atoms with van der Waals surface area (Å²) in [6.07, 6.45) is 6.78. The van der Waals surface area contributed by atoms with Crippen LogP contribution in [0.3, 0.4) is 0 Å². The molecule has 0 saturated carbocycles. The van der Waals surface area contributed by atoms with Gasteiger partial charge in [-0.25, -0.2) is 9.97 Å². The van der Waals surface area contributed by atoms with Crippen LogP contribution >= 0.6 is 11.3 Å². The Morgan fingerprint density at radius 1 is 1.08 bits per heavy atom. The molecule has 4 rings (SSSR count). The van der Waals surface area contributed by atoms with Crippen LogP contribution in [0.25, 0.3) is 21.5 Å². The Bertz CT molecular complexity index is 1040. The molecular weight excluding hydrogens is 344 g/mol. The van der Waals surface area contributed by atoms with Gasteiger partial charge in [0, 0.05) is 43.8 Å². The second-order valence-corrected chi connectivity index (χ2v) is 6.90. The third kappa shape index (κ3) is 3.19. The van der Waals surface area contributed by atoms with Crippen LogP contribution in [0.5, 0.6) is 0 Å². The zero-order valence-corrected chi connectivity index (χ0v) is 15.0. The molecule has 0 aliphatic rings. The van der Waals surface area contributed by atoms with Crippen molar-refractivity contribution in [1.82, 2.24) is 19.9 Å². The molecule has 1 aromatic carbocycles. The number of carbonyl (C=O) groups is 1. The third-order valence-electron chi connectivity index (χ3n) is 4.17. The molecule has 0 aliphatic heterocycles. The lowest BCUT2D eigenvalue weighted by Gasteiger charge is -2.18. The Labute approximate surface area is 155 Å². The number of nitrogens with zero attached hydrogens (tertiary/aromatic N) is 4. The van der Waals surface area contributed by atoms with E-state index in [4.69, 9.17) is 0 Å². The summed E-state index contributed by atoms with van der Waals surface area (Å²) in [4.78, 5) is 28.2. The van der Waals surface area contributed by atoms with E-state index in [0.29, 0.717) is 17.9 Å². The summed E-state index contributed by atoms with van der Waals surface area (Å²) in [6.45, 7) is 0.507. The summed E-state index contributed by atoms with van der Waals surface area (Å²) < 4.78 is 0. The van der Waals surface area contributed by atoms with Gasteiger partial charge in [-0.15, -0.1) is 11.3 Å². The smallest absolute Gasteiger partial charge is 0.257 e. The average Bonchev–Trinajstić information content (AvgIpc) is 3.23. The fourth-order valence-corrected chi connectivity index (χ4v) is 3.52. The standard InChI is InChI=1S/C20H16N4OS/c1-24(13-15-5-2-4-14-10-21-8-7-17(14)15)20(25)16-11-22-19(23-12-16)18-6-3-9-26-18/h2-12H,13H2,1H3. The summed E-state index contributed by atoms with van der Waals surface area (Å²) in [5.41, 5.74) is 1.56. The van der Waals surface area contributed by atoms with Gasteiger partial charge in [0.25, 0.3) is 5.91 Å². The minimum Gasteiger partial charge on any atom is -0.337 e. The van der Waals surface area contributed by atoms with Gasteiger partial charge in [0.15, 0.2) is 5.82 Å². The maximum Gasteiger partial charge on any atom is 0.257 e. The Morgan fingerprint density at radius 3 is 2.69 bits per heavy atom. The first-order chi connectivity index (χ1) is 12.7. The van der Waals surface area contributed by atoms with Crippen LogP contribution in [-0.2, 0) is 6.54 Å². The minimum atomic E-state index is -0.103. The largest absolute Gasteiger partial charge is 0.337 e. The number of fused-ring (bicyclic) bond motifs is 1. The zero-order chi connectivity index (χ0) is 17.9. The van der Waals surface area contributed by atoms with Gasteiger partial charge in [0.2, 0.25) is 0 Å². The number of benzene rings is 1. The number of aromatic nitrogens is 3. The van der Waals surface area contributed by atoms with Gasteiger partial charge in [-0.1, -0.05) is 24.3 Å². The normalized spacial score (nSPS) is 10.8. The molecule has 3 heterocycles. The number of hydrogen-bond donors (Lipinski definition) is 0. The fourth-order valence-electron chi connectivity index (χ4n) is 2.85. The maximum absolute atomic E-state index is 12.7. The number of amides is 1. The lowest BCUT2D eigenvalue weighted by atomic mass is 10.1. The summed E-state index contributed by atoms with van der Waals surface area (Å²) in [5.74, 6) is 0.537. The van der Waals surface area contributed by atoms with Crippen LogP contribution in [0.4, 0.5) is 0 Å². The van der Waals surface area contributed by atoms with Crippen molar-refractivity contribution >= 4 is 28.0 Å². The van der Waals surface area contributed by atoms with Gasteiger partial charge in [0.1, 0.15) is 0 Å². The first-order valence-electron chi connectivity index (χ1n) is 8.15. The molecule has 0 fully saturated rings. The molecule has 26 heavy (non-hydrogen) atoms. The van der Waals surface area contributed by atoms with Crippen molar-refractivity contribution in [2.24, 2.45) is 0 Å². The molecule has 0 bridgehead atoms. The van der Waals surface area contributed by atoms with Crippen molar-refractivity contribution in [2.45, 2.75) is 6.54 Å². The van der Waals surface area contributed by atoms with E-state index < -0.39 is 0 Å². The zero-order valence-electron chi connectivity index (χ0n) is 14.2. The van der Waals surface area contributed by atoms with E-state index >= 15 is 0 Å². The summed E-state index contributed by atoms with van der Waals surface area (Å²) >= 11 is 1.57. The van der Waals surface area contributed by atoms with E-state index in [2.05, 4.69) is 15.0 Å². The van der Waals surface area contributed by atoms with Crippen molar-refractivity contribution < 1.29 is 4.79 Å². The molecule has 5 nitrogen and oxygen atoms in total. The summed E-state index contributed by atoms with van der Waals surface area (Å²) in [5, 5.41) is 4.14. The quantitative estimate of drug-likeness (QED) is 0.551. The monoisotopic (exact) mass is 360 g/mol. The molecule has 6 heteroatoms. The minimum absolute atomic E-state index is 0.103. The highest BCUT2D eigenvalue weighted by Crippen LogP contribution is 2.21. The Morgan fingerprint density at radius 2 is 1.92 bits per heavy atom. The van der Waals surface area contributed by atoms with Crippen molar-refractivity contribution in [2.75, 3.05) is 7.05 Å². The fraction of sp³-hybridized carbons (Fsp3) is 0.100. The first-order valence-corrected chi connectivity index (χ1v) is 9.03. The molecule has 0 spiro atoms. The molecule has 0 unspecified atom stereocenters. The van der Waals surface area contributed by atoms with Crippen LogP contribution in [-0.4, -0.2) is 32.8 Å². The van der Waals surface area contributed by atoms with Gasteiger partial charge in [-0.2, -0.15) is 0 Å². The molecule has 0 aliphatic carbocycles. The molecule has 0 N–H and O–H groups in total. The molecule has 0 radical (unpaired) electrons. The van der Waals surface area contributed by atoms with Crippen LogP contribution in [0.2, 0.25) is 0 Å². The predicted octanol–water partition coefficient (Wildman–Crippen LogP) is 4.03. The van der Waals surface area contributed by atoms with Gasteiger partial charge in [0.05, 0.1) is 10.4 Å². The van der Waals surface area contributed by atoms with E-state index in [-0.39, 0.29) is 5.91 Å². The lowest BCUT2D eigenvalue weighted by molar-refractivity contribution is 0.0785. The van der Waals surface area contributed by atoms with Crippen molar-refractivity contribution in [3.63, 3.8) is 0 Å². The maximum atomic E-state index is 12.7. The van der Waals surface area contributed by atoms with Crippen LogP contribution in [0, 0.1) is 0 Å².